The van der Waals surface area contributed by atoms with E-state index in [-0.39, 0.29) is 12.0 Å². The number of nitrogens with zero attached hydrogens (tertiary/aromatic N) is 1. The Labute approximate surface area is 123 Å². The first-order valence-corrected chi connectivity index (χ1v) is 6.90. The van der Waals surface area contributed by atoms with E-state index in [0.717, 1.165) is 12.8 Å². The van der Waals surface area contributed by atoms with Crippen LogP contribution >= 0.6 is 11.6 Å². The number of rotatable bonds is 3. The Balaban J connectivity index is 2.08. The van der Waals surface area contributed by atoms with Crippen molar-refractivity contribution in [3.63, 3.8) is 0 Å². The molecule has 20 heavy (non-hydrogen) atoms. The number of ether oxygens (including phenoxy) is 1. The van der Waals surface area contributed by atoms with Gasteiger partial charge in [-0.2, -0.15) is 0 Å². The van der Waals surface area contributed by atoms with E-state index in [1.807, 2.05) is 4.90 Å². The smallest absolute Gasteiger partial charge is 0.219 e. The fourth-order valence-corrected chi connectivity index (χ4v) is 2.55. The van der Waals surface area contributed by atoms with Gasteiger partial charge in [0.15, 0.2) is 0 Å². The second kappa shape index (κ2) is 6.13. The minimum absolute atomic E-state index is 0.0159. The number of hydrogen-bond acceptors (Lipinski definition) is 4. The lowest BCUT2D eigenvalue weighted by Gasteiger charge is -2.31. The summed E-state index contributed by atoms with van der Waals surface area (Å²) in [4.78, 5) is 13.1. The van der Waals surface area contributed by atoms with Crippen LogP contribution in [-0.4, -0.2) is 36.2 Å². The summed E-state index contributed by atoms with van der Waals surface area (Å²) in [7, 11) is 0. The Kier molecular flexibility index (Phi) is 4.49. The lowest BCUT2D eigenvalue weighted by molar-refractivity contribution is -0.130. The van der Waals surface area contributed by atoms with Crippen LogP contribution in [0.4, 0.5) is 5.69 Å². The SMILES string of the molecule is CC(=O)N1CCC(Oc2cc(Cl)cc(N)c2C=N)CC1. The van der Waals surface area contributed by atoms with Gasteiger partial charge in [-0.05, 0) is 12.1 Å². The first kappa shape index (κ1) is 14.7. The van der Waals surface area contributed by atoms with E-state index in [1.165, 1.54) is 6.21 Å². The van der Waals surface area contributed by atoms with E-state index in [2.05, 4.69) is 0 Å². The summed E-state index contributed by atoms with van der Waals surface area (Å²) in [6.07, 6.45) is 2.72. The number of carbonyl (C=O) groups is 1. The fraction of sp³-hybridized carbons (Fsp3) is 0.429. The second-order valence-electron chi connectivity index (χ2n) is 4.87. The van der Waals surface area contributed by atoms with Gasteiger partial charge in [0.25, 0.3) is 0 Å². The number of benzene rings is 1. The lowest BCUT2D eigenvalue weighted by atomic mass is 10.1. The van der Waals surface area contributed by atoms with Gasteiger partial charge < -0.3 is 20.8 Å². The number of likely N-dealkylation sites (tertiary alicyclic amines) is 1. The number of nitrogens with one attached hydrogen (secondary N) is 1. The minimum Gasteiger partial charge on any atom is -0.489 e. The van der Waals surface area contributed by atoms with Crippen LogP contribution in [0.3, 0.4) is 0 Å². The number of anilines is 1. The molecule has 1 fully saturated rings. The highest BCUT2D eigenvalue weighted by Gasteiger charge is 2.23. The molecule has 0 aliphatic carbocycles. The number of halogens is 1. The Morgan fingerprint density at radius 3 is 2.70 bits per heavy atom. The monoisotopic (exact) mass is 295 g/mol. The molecule has 1 aliphatic heterocycles. The van der Waals surface area contributed by atoms with Crippen LogP contribution in [0.5, 0.6) is 5.75 Å². The zero-order chi connectivity index (χ0) is 14.7. The summed E-state index contributed by atoms with van der Waals surface area (Å²) in [5.74, 6) is 0.627. The summed E-state index contributed by atoms with van der Waals surface area (Å²) < 4.78 is 5.91. The molecule has 108 valence electrons. The van der Waals surface area contributed by atoms with Crippen molar-refractivity contribution in [3.05, 3.63) is 22.7 Å². The van der Waals surface area contributed by atoms with E-state index in [0.29, 0.717) is 35.1 Å². The van der Waals surface area contributed by atoms with Gasteiger partial charge >= 0.3 is 0 Å². The van der Waals surface area contributed by atoms with Gasteiger partial charge in [-0.25, -0.2) is 0 Å². The molecule has 1 aliphatic rings. The molecule has 0 aromatic heterocycles. The van der Waals surface area contributed by atoms with Gasteiger partial charge in [0.1, 0.15) is 11.9 Å². The molecule has 1 aromatic carbocycles. The summed E-state index contributed by atoms with van der Waals surface area (Å²) in [6, 6.07) is 3.28. The number of nitrogens with two attached hydrogens (primary N) is 1. The van der Waals surface area contributed by atoms with Gasteiger partial charge in [0.05, 0.1) is 5.56 Å². The molecule has 0 bridgehead atoms. The zero-order valence-electron chi connectivity index (χ0n) is 11.4. The predicted molar refractivity (Wildman–Crippen MR) is 79.7 cm³/mol. The molecule has 0 saturated carbocycles. The normalized spacial score (nSPS) is 16.0. The third-order valence-electron chi connectivity index (χ3n) is 3.46. The molecule has 0 atom stereocenters. The average Bonchev–Trinajstić information content (AvgIpc) is 2.39. The number of carbonyl (C=O) groups excluding carboxylic acids is 1. The van der Waals surface area contributed by atoms with Crippen molar-refractivity contribution in [1.29, 1.82) is 5.41 Å². The van der Waals surface area contributed by atoms with E-state index < -0.39 is 0 Å². The lowest BCUT2D eigenvalue weighted by Crippen LogP contribution is -2.40. The standard InChI is InChI=1S/C14H18ClN3O2/c1-9(19)18-4-2-11(3-5-18)20-14-7-10(15)6-13(17)12(14)8-16/h6-8,11,16H,2-5,17H2,1H3. The molecule has 1 saturated heterocycles. The number of amides is 1. The molecule has 6 heteroatoms. The zero-order valence-corrected chi connectivity index (χ0v) is 12.1. The molecule has 5 nitrogen and oxygen atoms in total. The topological polar surface area (TPSA) is 79.4 Å². The quantitative estimate of drug-likeness (QED) is 0.663. The summed E-state index contributed by atoms with van der Waals surface area (Å²) in [6.45, 7) is 2.96. The predicted octanol–water partition coefficient (Wildman–Crippen LogP) is 2.31. The van der Waals surface area contributed by atoms with Crippen molar-refractivity contribution in [2.45, 2.75) is 25.9 Å². The minimum atomic E-state index is 0.0159. The number of piperidine rings is 1. The Morgan fingerprint density at radius 2 is 2.15 bits per heavy atom. The van der Waals surface area contributed by atoms with Crippen molar-refractivity contribution in [1.82, 2.24) is 4.90 Å². The maximum Gasteiger partial charge on any atom is 0.219 e. The van der Waals surface area contributed by atoms with Crippen LogP contribution < -0.4 is 10.5 Å². The first-order valence-electron chi connectivity index (χ1n) is 6.53. The van der Waals surface area contributed by atoms with Crippen LogP contribution in [0.1, 0.15) is 25.3 Å². The first-order chi connectivity index (χ1) is 9.51. The molecule has 2 rings (SSSR count). The molecule has 0 unspecified atom stereocenters. The fourth-order valence-electron chi connectivity index (χ4n) is 2.33. The molecule has 1 heterocycles. The van der Waals surface area contributed by atoms with E-state index in [9.17, 15) is 4.79 Å². The summed E-state index contributed by atoms with van der Waals surface area (Å²) >= 11 is 5.97. The highest BCUT2D eigenvalue weighted by molar-refractivity contribution is 6.31. The average molecular weight is 296 g/mol. The van der Waals surface area contributed by atoms with Gasteiger partial charge in [0, 0.05) is 49.8 Å². The number of nitrogen functional groups attached to an aromatic ring is 1. The molecular formula is C14H18ClN3O2. The molecule has 0 radical (unpaired) electrons. The van der Waals surface area contributed by atoms with Gasteiger partial charge in [-0.3, -0.25) is 4.79 Å². The maximum absolute atomic E-state index is 11.3. The van der Waals surface area contributed by atoms with Gasteiger partial charge in [-0.15, -0.1) is 0 Å². The highest BCUT2D eigenvalue weighted by atomic mass is 35.5. The van der Waals surface area contributed by atoms with Gasteiger partial charge in [-0.1, -0.05) is 11.6 Å². The van der Waals surface area contributed by atoms with Crippen molar-refractivity contribution in [3.8, 4) is 5.75 Å². The van der Waals surface area contributed by atoms with E-state index >= 15 is 0 Å². The van der Waals surface area contributed by atoms with E-state index in [1.54, 1.807) is 19.1 Å². The molecule has 0 spiro atoms. The Hall–Kier alpha value is -1.75. The van der Waals surface area contributed by atoms with Crippen LogP contribution in [0.25, 0.3) is 0 Å². The third kappa shape index (κ3) is 3.22. The second-order valence-corrected chi connectivity index (χ2v) is 5.31. The molecular weight excluding hydrogens is 278 g/mol. The van der Waals surface area contributed by atoms with Crippen molar-refractivity contribution in [2.24, 2.45) is 0 Å². The third-order valence-corrected chi connectivity index (χ3v) is 3.68. The highest BCUT2D eigenvalue weighted by Crippen LogP contribution is 2.30. The van der Waals surface area contributed by atoms with Crippen LogP contribution in [0.15, 0.2) is 12.1 Å². The van der Waals surface area contributed by atoms with Crippen LogP contribution in [0.2, 0.25) is 5.02 Å². The van der Waals surface area contributed by atoms with Crippen molar-refractivity contribution < 1.29 is 9.53 Å². The number of hydrogen-bond donors (Lipinski definition) is 2. The van der Waals surface area contributed by atoms with Crippen LogP contribution in [0, 0.1) is 5.41 Å². The summed E-state index contributed by atoms with van der Waals surface area (Å²) in [5, 5.41) is 7.91. The molecule has 1 aromatic rings. The van der Waals surface area contributed by atoms with Crippen molar-refractivity contribution in [2.75, 3.05) is 18.8 Å². The maximum atomic E-state index is 11.3. The Bertz CT molecular complexity index is 525. The van der Waals surface area contributed by atoms with Crippen LogP contribution in [-0.2, 0) is 4.79 Å². The Morgan fingerprint density at radius 1 is 1.50 bits per heavy atom. The van der Waals surface area contributed by atoms with E-state index in [4.69, 9.17) is 27.5 Å². The molecule has 1 amide bonds. The largest absolute Gasteiger partial charge is 0.489 e. The molecule has 3 N–H and O–H groups in total. The van der Waals surface area contributed by atoms with Crippen molar-refractivity contribution >= 4 is 29.4 Å². The van der Waals surface area contributed by atoms with Gasteiger partial charge in [0.2, 0.25) is 5.91 Å². The summed E-state index contributed by atoms with van der Waals surface area (Å²) in [5.41, 5.74) is 6.81.